The number of Topliss-reactive ketones (excluding diaryl/α,β-unsaturated/α-hetero) is 1. The summed E-state index contributed by atoms with van der Waals surface area (Å²) in [6, 6.07) is 0. The Morgan fingerprint density at radius 3 is 2.73 bits per heavy atom. The molecule has 0 aromatic carbocycles. The Kier molecular flexibility index (Phi) is 1.85. The molecule has 58 valence electrons. The van der Waals surface area contributed by atoms with Crippen LogP contribution < -0.4 is 0 Å². The maximum atomic E-state index is 11.1. The molecule has 0 aliphatic rings. The predicted octanol–water partition coefficient (Wildman–Crippen LogP) is 0.574. The van der Waals surface area contributed by atoms with Crippen molar-refractivity contribution in [3.8, 4) is 0 Å². The normalized spacial score (nSPS) is 9.64. The van der Waals surface area contributed by atoms with Crippen molar-refractivity contribution in [2.75, 3.05) is 0 Å². The zero-order valence-electron chi connectivity index (χ0n) is 6.53. The first-order valence-corrected chi connectivity index (χ1v) is 3.18. The van der Waals surface area contributed by atoms with E-state index in [1.807, 2.05) is 0 Å². The quantitative estimate of drug-likeness (QED) is 0.458. The van der Waals surface area contributed by atoms with E-state index in [1.165, 1.54) is 4.68 Å². The molecular weight excluding hydrogens is 142 g/mol. The number of aryl methyl sites for hydroxylation is 1. The van der Waals surface area contributed by atoms with Gasteiger partial charge in [-0.3, -0.25) is 9.48 Å². The number of hydrogen-bond donors (Lipinski definition) is 0. The van der Waals surface area contributed by atoms with Crippen LogP contribution in [0.25, 0.3) is 0 Å². The number of nitrogens with zero attached hydrogens (tertiary/aromatic N) is 3. The largest absolute Gasteiger partial charge is 0.287 e. The minimum absolute atomic E-state index is 0.155. The van der Waals surface area contributed by atoms with Crippen LogP contribution in [0.5, 0.6) is 0 Å². The molecule has 0 N–H and O–H groups in total. The molecule has 0 bridgehead atoms. The van der Waals surface area contributed by atoms with Crippen LogP contribution in [0.2, 0.25) is 0 Å². The highest BCUT2D eigenvalue weighted by molar-refractivity contribution is 6.06. The standard InChI is InChI=1S/C7H9N3O/c1-5(2)7(11)6-4-10(3)9-8-6/h4H,1H2,2-3H3. The minimum atomic E-state index is -0.155. The number of rotatable bonds is 2. The van der Waals surface area contributed by atoms with Crippen LogP contribution in [0.3, 0.4) is 0 Å². The highest BCUT2D eigenvalue weighted by atomic mass is 16.1. The number of hydrogen-bond acceptors (Lipinski definition) is 3. The van der Waals surface area contributed by atoms with Gasteiger partial charge in [-0.15, -0.1) is 5.10 Å². The summed E-state index contributed by atoms with van der Waals surface area (Å²) < 4.78 is 1.48. The van der Waals surface area contributed by atoms with Gasteiger partial charge >= 0.3 is 0 Å². The molecule has 0 aliphatic heterocycles. The van der Waals surface area contributed by atoms with Gasteiger partial charge in [0.25, 0.3) is 0 Å². The third-order valence-corrected chi connectivity index (χ3v) is 1.22. The molecule has 0 aliphatic carbocycles. The second-order valence-electron chi connectivity index (χ2n) is 2.39. The highest BCUT2D eigenvalue weighted by Crippen LogP contribution is 2.00. The monoisotopic (exact) mass is 151 g/mol. The topological polar surface area (TPSA) is 47.8 Å². The van der Waals surface area contributed by atoms with Crippen LogP contribution in [0, 0.1) is 0 Å². The summed E-state index contributed by atoms with van der Waals surface area (Å²) in [6.07, 6.45) is 1.57. The fourth-order valence-corrected chi connectivity index (χ4v) is 0.670. The average Bonchev–Trinajstić information content (AvgIpc) is 2.34. The summed E-state index contributed by atoms with van der Waals surface area (Å²) in [5.74, 6) is -0.155. The van der Waals surface area contributed by atoms with Crippen LogP contribution in [0.1, 0.15) is 17.4 Å². The number of aromatic nitrogens is 3. The van der Waals surface area contributed by atoms with Gasteiger partial charge in [0, 0.05) is 7.05 Å². The van der Waals surface area contributed by atoms with E-state index < -0.39 is 0 Å². The Hall–Kier alpha value is -1.45. The van der Waals surface area contributed by atoms with E-state index >= 15 is 0 Å². The second kappa shape index (κ2) is 2.65. The second-order valence-corrected chi connectivity index (χ2v) is 2.39. The van der Waals surface area contributed by atoms with Crippen LogP contribution in [-0.2, 0) is 7.05 Å². The molecule has 4 heteroatoms. The van der Waals surface area contributed by atoms with Gasteiger partial charge in [-0.2, -0.15) is 0 Å². The van der Waals surface area contributed by atoms with E-state index in [0.717, 1.165) is 0 Å². The molecule has 1 rings (SSSR count). The van der Waals surface area contributed by atoms with Crippen molar-refractivity contribution >= 4 is 5.78 Å². The molecule has 0 saturated carbocycles. The molecule has 0 radical (unpaired) electrons. The van der Waals surface area contributed by atoms with Crippen molar-refractivity contribution < 1.29 is 4.79 Å². The van der Waals surface area contributed by atoms with Gasteiger partial charge < -0.3 is 0 Å². The minimum Gasteiger partial charge on any atom is -0.287 e. The lowest BCUT2D eigenvalue weighted by Gasteiger charge is -1.89. The lowest BCUT2D eigenvalue weighted by molar-refractivity contribution is 0.103. The van der Waals surface area contributed by atoms with Gasteiger partial charge in [0.15, 0.2) is 5.69 Å². The van der Waals surface area contributed by atoms with Crippen LogP contribution in [-0.4, -0.2) is 20.8 Å². The molecule has 0 atom stereocenters. The Morgan fingerprint density at radius 1 is 1.73 bits per heavy atom. The van der Waals surface area contributed by atoms with Crippen molar-refractivity contribution in [2.45, 2.75) is 6.92 Å². The van der Waals surface area contributed by atoms with E-state index in [0.29, 0.717) is 11.3 Å². The van der Waals surface area contributed by atoms with Crippen molar-refractivity contribution in [1.29, 1.82) is 0 Å². The Labute approximate surface area is 64.5 Å². The Balaban J connectivity index is 2.94. The highest BCUT2D eigenvalue weighted by Gasteiger charge is 2.09. The van der Waals surface area contributed by atoms with Crippen LogP contribution in [0.4, 0.5) is 0 Å². The third-order valence-electron chi connectivity index (χ3n) is 1.22. The van der Waals surface area contributed by atoms with Crippen molar-refractivity contribution in [3.05, 3.63) is 24.0 Å². The molecule has 1 aromatic rings. The van der Waals surface area contributed by atoms with Gasteiger partial charge in [0.05, 0.1) is 6.20 Å². The maximum absolute atomic E-state index is 11.1. The summed E-state index contributed by atoms with van der Waals surface area (Å²) in [5, 5.41) is 7.26. The molecule has 0 saturated heterocycles. The lowest BCUT2D eigenvalue weighted by atomic mass is 10.2. The fraction of sp³-hybridized carbons (Fsp3) is 0.286. The van der Waals surface area contributed by atoms with Gasteiger partial charge in [-0.25, -0.2) is 0 Å². The average molecular weight is 151 g/mol. The molecule has 11 heavy (non-hydrogen) atoms. The third kappa shape index (κ3) is 1.52. The van der Waals surface area contributed by atoms with E-state index in [2.05, 4.69) is 16.9 Å². The number of ketones is 1. The summed E-state index contributed by atoms with van der Waals surface area (Å²) >= 11 is 0. The summed E-state index contributed by atoms with van der Waals surface area (Å²) in [6.45, 7) is 5.16. The van der Waals surface area contributed by atoms with Crippen molar-refractivity contribution in [3.63, 3.8) is 0 Å². The van der Waals surface area contributed by atoms with Crippen LogP contribution in [0.15, 0.2) is 18.3 Å². The SMILES string of the molecule is C=C(C)C(=O)c1cn(C)nn1. The number of carbonyl (C=O) groups excluding carboxylic acids is 1. The van der Waals surface area contributed by atoms with Gasteiger partial charge in [0.1, 0.15) is 0 Å². The van der Waals surface area contributed by atoms with Gasteiger partial charge in [0.2, 0.25) is 5.78 Å². The predicted molar refractivity (Wildman–Crippen MR) is 40.1 cm³/mol. The zero-order chi connectivity index (χ0) is 8.43. The number of carbonyl (C=O) groups is 1. The summed E-state index contributed by atoms with van der Waals surface area (Å²) in [7, 11) is 1.71. The molecule has 0 amide bonds. The molecule has 0 spiro atoms. The van der Waals surface area contributed by atoms with Crippen molar-refractivity contribution in [1.82, 2.24) is 15.0 Å². The van der Waals surface area contributed by atoms with Crippen molar-refractivity contribution in [2.24, 2.45) is 7.05 Å². The summed E-state index contributed by atoms with van der Waals surface area (Å²) in [4.78, 5) is 11.1. The Morgan fingerprint density at radius 2 is 2.36 bits per heavy atom. The van der Waals surface area contributed by atoms with E-state index in [1.54, 1.807) is 20.2 Å². The maximum Gasteiger partial charge on any atom is 0.210 e. The molecule has 0 fully saturated rings. The molecule has 0 unspecified atom stereocenters. The smallest absolute Gasteiger partial charge is 0.210 e. The first kappa shape index (κ1) is 7.65. The lowest BCUT2D eigenvalue weighted by Crippen LogP contribution is -1.99. The van der Waals surface area contributed by atoms with Gasteiger partial charge in [-0.1, -0.05) is 11.8 Å². The zero-order valence-corrected chi connectivity index (χ0v) is 6.53. The first-order chi connectivity index (χ1) is 5.11. The fourth-order valence-electron chi connectivity index (χ4n) is 0.670. The summed E-state index contributed by atoms with van der Waals surface area (Å²) in [5.41, 5.74) is 0.825. The molecule has 1 aromatic heterocycles. The molecule has 4 nitrogen and oxygen atoms in total. The molecule has 1 heterocycles. The number of allylic oxidation sites excluding steroid dienone is 1. The Bertz CT molecular complexity index is 300. The van der Waals surface area contributed by atoms with E-state index in [-0.39, 0.29) is 5.78 Å². The first-order valence-electron chi connectivity index (χ1n) is 3.18. The molecular formula is C7H9N3O. The van der Waals surface area contributed by atoms with E-state index in [9.17, 15) is 4.79 Å². The van der Waals surface area contributed by atoms with Crippen LogP contribution >= 0.6 is 0 Å². The van der Waals surface area contributed by atoms with E-state index in [4.69, 9.17) is 0 Å². The van der Waals surface area contributed by atoms with Gasteiger partial charge in [-0.05, 0) is 12.5 Å².